The summed E-state index contributed by atoms with van der Waals surface area (Å²) in [5.74, 6) is 0.245. The van der Waals surface area contributed by atoms with Crippen molar-refractivity contribution in [2.75, 3.05) is 14.2 Å². The van der Waals surface area contributed by atoms with Gasteiger partial charge in [0.2, 0.25) is 0 Å². The largest absolute Gasteiger partial charge is 0.573 e. The van der Waals surface area contributed by atoms with Gasteiger partial charge in [0.15, 0.2) is 0 Å². The molecule has 1 N–H and O–H groups in total. The van der Waals surface area contributed by atoms with E-state index in [1.807, 2.05) is 0 Å². The van der Waals surface area contributed by atoms with E-state index in [-0.39, 0.29) is 11.7 Å². The number of carbonyl (C=O) groups excluding carboxylic acids is 1. The van der Waals surface area contributed by atoms with Crippen LogP contribution < -0.4 is 19.5 Å². The summed E-state index contributed by atoms with van der Waals surface area (Å²) in [6.45, 7) is 1.72. The van der Waals surface area contributed by atoms with E-state index in [1.165, 1.54) is 38.5 Å². The van der Waals surface area contributed by atoms with Gasteiger partial charge in [0.05, 0.1) is 20.3 Å². The molecule has 0 bridgehead atoms. The van der Waals surface area contributed by atoms with E-state index in [2.05, 4.69) is 10.1 Å². The molecule has 0 radical (unpaired) electrons. The first-order valence-electron chi connectivity index (χ1n) is 7.61. The predicted octanol–water partition coefficient (Wildman–Crippen LogP) is 4.09. The lowest BCUT2D eigenvalue weighted by molar-refractivity contribution is -0.274. The van der Waals surface area contributed by atoms with Gasteiger partial charge in [-0.1, -0.05) is 12.1 Å². The molecule has 0 aliphatic rings. The molecule has 5 nitrogen and oxygen atoms in total. The summed E-state index contributed by atoms with van der Waals surface area (Å²) >= 11 is 0. The summed E-state index contributed by atoms with van der Waals surface area (Å²) in [6, 6.07) is 9.63. The van der Waals surface area contributed by atoms with Crippen molar-refractivity contribution < 1.29 is 32.2 Å². The first kappa shape index (κ1) is 19.4. The second kappa shape index (κ2) is 7.99. The normalized spacial score (nSPS) is 12.2. The molecular formula is C18H18F3NO4. The van der Waals surface area contributed by atoms with Gasteiger partial charge in [-0.3, -0.25) is 4.79 Å². The third-order valence-corrected chi connectivity index (χ3v) is 3.57. The summed E-state index contributed by atoms with van der Waals surface area (Å²) in [7, 11) is 2.95. The molecule has 140 valence electrons. The maximum Gasteiger partial charge on any atom is 0.573 e. The number of ether oxygens (including phenoxy) is 3. The number of halogens is 3. The molecule has 8 heteroatoms. The lowest BCUT2D eigenvalue weighted by Gasteiger charge is -2.16. The molecular weight excluding hydrogens is 351 g/mol. The fraction of sp³-hybridized carbons (Fsp3) is 0.278. The van der Waals surface area contributed by atoms with Gasteiger partial charge in [0, 0.05) is 11.6 Å². The van der Waals surface area contributed by atoms with Crippen molar-refractivity contribution in [3.8, 4) is 17.2 Å². The Hall–Kier alpha value is -2.90. The van der Waals surface area contributed by atoms with Crippen molar-refractivity contribution in [3.63, 3.8) is 0 Å². The van der Waals surface area contributed by atoms with Crippen LogP contribution in [0.25, 0.3) is 0 Å². The van der Waals surface area contributed by atoms with Crippen LogP contribution in [0.5, 0.6) is 17.2 Å². The van der Waals surface area contributed by atoms with Crippen LogP contribution in [-0.2, 0) is 0 Å². The Morgan fingerprint density at radius 2 is 1.50 bits per heavy atom. The van der Waals surface area contributed by atoms with Crippen LogP contribution in [0.4, 0.5) is 13.2 Å². The highest BCUT2D eigenvalue weighted by atomic mass is 19.4. The molecule has 1 amide bonds. The van der Waals surface area contributed by atoms with Crippen LogP contribution in [0, 0.1) is 0 Å². The Kier molecular flexibility index (Phi) is 5.97. The molecule has 0 saturated heterocycles. The van der Waals surface area contributed by atoms with Gasteiger partial charge in [-0.15, -0.1) is 13.2 Å². The first-order valence-corrected chi connectivity index (χ1v) is 7.61. The van der Waals surface area contributed by atoms with Crippen molar-refractivity contribution >= 4 is 5.91 Å². The standard InChI is InChI=1S/C18H18F3NO4/c1-11(12-4-6-14(7-5-12)26-18(19,20)21)22-17(23)13-8-15(24-2)10-16(9-13)25-3/h4-11H,1-3H3,(H,22,23). The summed E-state index contributed by atoms with van der Waals surface area (Å²) < 4.78 is 50.6. The second-order valence-corrected chi connectivity index (χ2v) is 5.41. The van der Waals surface area contributed by atoms with Gasteiger partial charge < -0.3 is 19.5 Å². The zero-order valence-corrected chi connectivity index (χ0v) is 14.4. The molecule has 2 rings (SSSR count). The maximum atomic E-state index is 12.4. The Labute approximate surface area is 148 Å². The van der Waals surface area contributed by atoms with Crippen LogP contribution >= 0.6 is 0 Å². The molecule has 0 fully saturated rings. The van der Waals surface area contributed by atoms with Gasteiger partial charge in [0.25, 0.3) is 5.91 Å². The number of amides is 1. The topological polar surface area (TPSA) is 56.8 Å². The monoisotopic (exact) mass is 369 g/mol. The van der Waals surface area contributed by atoms with E-state index >= 15 is 0 Å². The minimum atomic E-state index is -4.74. The fourth-order valence-electron chi connectivity index (χ4n) is 2.26. The van der Waals surface area contributed by atoms with E-state index in [1.54, 1.807) is 25.1 Å². The molecule has 2 aromatic rings. The average Bonchev–Trinajstić information content (AvgIpc) is 2.60. The number of carbonyl (C=O) groups is 1. The van der Waals surface area contributed by atoms with Gasteiger partial charge >= 0.3 is 6.36 Å². The summed E-state index contributed by atoms with van der Waals surface area (Å²) in [4.78, 5) is 12.4. The van der Waals surface area contributed by atoms with Crippen molar-refractivity contribution in [2.45, 2.75) is 19.3 Å². The smallest absolute Gasteiger partial charge is 0.497 e. The van der Waals surface area contributed by atoms with Crippen LogP contribution in [0.1, 0.15) is 28.9 Å². The molecule has 1 atom stereocenters. The zero-order chi connectivity index (χ0) is 19.3. The third-order valence-electron chi connectivity index (χ3n) is 3.57. The molecule has 0 aromatic heterocycles. The highest BCUT2D eigenvalue weighted by molar-refractivity contribution is 5.95. The number of rotatable bonds is 6. The third kappa shape index (κ3) is 5.30. The Bertz CT molecular complexity index is 738. The molecule has 2 aromatic carbocycles. The van der Waals surface area contributed by atoms with Crippen LogP contribution in [0.3, 0.4) is 0 Å². The minimum Gasteiger partial charge on any atom is -0.497 e. The predicted molar refractivity (Wildman–Crippen MR) is 88.6 cm³/mol. The summed E-state index contributed by atoms with van der Waals surface area (Å²) in [5.41, 5.74) is 0.966. The molecule has 0 heterocycles. The van der Waals surface area contributed by atoms with Crippen LogP contribution in [0.2, 0.25) is 0 Å². The molecule has 0 aliphatic carbocycles. The van der Waals surface area contributed by atoms with Gasteiger partial charge in [-0.05, 0) is 36.8 Å². The van der Waals surface area contributed by atoms with Crippen LogP contribution in [-0.4, -0.2) is 26.5 Å². The maximum absolute atomic E-state index is 12.4. The van der Waals surface area contributed by atoms with Crippen LogP contribution in [0.15, 0.2) is 42.5 Å². The van der Waals surface area contributed by atoms with E-state index < -0.39 is 12.4 Å². The number of nitrogens with one attached hydrogen (secondary N) is 1. The van der Waals surface area contributed by atoms with Crippen molar-refractivity contribution in [3.05, 3.63) is 53.6 Å². The number of hydrogen-bond acceptors (Lipinski definition) is 4. The van der Waals surface area contributed by atoms with Crippen molar-refractivity contribution in [1.82, 2.24) is 5.32 Å². The first-order chi connectivity index (χ1) is 12.2. The number of benzene rings is 2. The molecule has 0 spiro atoms. The Balaban J connectivity index is 2.09. The quantitative estimate of drug-likeness (QED) is 0.833. The van der Waals surface area contributed by atoms with Gasteiger partial charge in [-0.25, -0.2) is 0 Å². The molecule has 0 aliphatic heterocycles. The van der Waals surface area contributed by atoms with E-state index in [0.29, 0.717) is 22.6 Å². The SMILES string of the molecule is COc1cc(OC)cc(C(=O)NC(C)c2ccc(OC(F)(F)F)cc2)c1. The Morgan fingerprint density at radius 3 is 1.96 bits per heavy atom. The van der Waals surface area contributed by atoms with Crippen molar-refractivity contribution in [1.29, 1.82) is 0 Å². The average molecular weight is 369 g/mol. The van der Waals surface area contributed by atoms with Gasteiger partial charge in [-0.2, -0.15) is 0 Å². The number of alkyl halides is 3. The molecule has 0 saturated carbocycles. The lowest BCUT2D eigenvalue weighted by atomic mass is 10.1. The Morgan fingerprint density at radius 1 is 0.962 bits per heavy atom. The zero-order valence-electron chi connectivity index (χ0n) is 14.4. The highest BCUT2D eigenvalue weighted by Gasteiger charge is 2.31. The number of methoxy groups -OCH3 is 2. The molecule has 26 heavy (non-hydrogen) atoms. The van der Waals surface area contributed by atoms with E-state index in [9.17, 15) is 18.0 Å². The minimum absolute atomic E-state index is 0.322. The summed E-state index contributed by atoms with van der Waals surface area (Å²) in [5, 5.41) is 2.77. The van der Waals surface area contributed by atoms with Gasteiger partial charge in [0.1, 0.15) is 17.2 Å². The van der Waals surface area contributed by atoms with E-state index in [0.717, 1.165) is 0 Å². The summed E-state index contributed by atoms with van der Waals surface area (Å²) in [6.07, 6.45) is -4.74. The van der Waals surface area contributed by atoms with E-state index in [4.69, 9.17) is 9.47 Å². The molecule has 1 unspecified atom stereocenters. The lowest BCUT2D eigenvalue weighted by Crippen LogP contribution is -2.26. The highest BCUT2D eigenvalue weighted by Crippen LogP contribution is 2.25. The number of hydrogen-bond donors (Lipinski definition) is 1. The fourth-order valence-corrected chi connectivity index (χ4v) is 2.26. The van der Waals surface area contributed by atoms with Crippen molar-refractivity contribution in [2.24, 2.45) is 0 Å². The second-order valence-electron chi connectivity index (χ2n) is 5.41.